The quantitative estimate of drug-likeness (QED) is 0.810. The molecule has 4 nitrogen and oxygen atoms in total. The van der Waals surface area contributed by atoms with Crippen molar-refractivity contribution in [2.75, 3.05) is 36.8 Å². The van der Waals surface area contributed by atoms with Crippen LogP contribution in [0.5, 0.6) is 0 Å². The monoisotopic (exact) mass is 240 g/mol. The smallest absolute Gasteiger partial charge is 0.187 e. The molecule has 0 unspecified atom stereocenters. The second kappa shape index (κ2) is 4.22. The van der Waals surface area contributed by atoms with Crippen molar-refractivity contribution in [3.8, 4) is 0 Å². The number of aromatic nitrogens is 1. The van der Waals surface area contributed by atoms with Crippen molar-refractivity contribution in [1.29, 1.82) is 0 Å². The van der Waals surface area contributed by atoms with Crippen LogP contribution in [0, 0.1) is 0 Å². The van der Waals surface area contributed by atoms with E-state index in [1.165, 1.54) is 0 Å². The SMILES string of the molecule is CC(C)(C)N1CCN(c2ncc(N)s2)CC1. The summed E-state index contributed by atoms with van der Waals surface area (Å²) in [7, 11) is 0. The molecule has 2 rings (SSSR count). The van der Waals surface area contributed by atoms with Crippen LogP contribution in [0.25, 0.3) is 0 Å². The van der Waals surface area contributed by atoms with Gasteiger partial charge in [0.1, 0.15) is 5.00 Å². The van der Waals surface area contributed by atoms with Crippen LogP contribution in [0.2, 0.25) is 0 Å². The zero-order chi connectivity index (χ0) is 11.8. The Balaban J connectivity index is 1.95. The van der Waals surface area contributed by atoms with E-state index in [1.807, 2.05) is 0 Å². The van der Waals surface area contributed by atoms with Gasteiger partial charge in [0.05, 0.1) is 6.20 Å². The highest BCUT2D eigenvalue weighted by Gasteiger charge is 2.26. The first-order chi connectivity index (χ1) is 7.47. The number of nitrogens with two attached hydrogens (primary N) is 1. The molecule has 2 N–H and O–H groups in total. The first kappa shape index (κ1) is 11.7. The van der Waals surface area contributed by atoms with Gasteiger partial charge in [-0.2, -0.15) is 0 Å². The summed E-state index contributed by atoms with van der Waals surface area (Å²) in [5, 5.41) is 1.86. The molecule has 0 spiro atoms. The molecule has 1 aromatic heterocycles. The summed E-state index contributed by atoms with van der Waals surface area (Å²) in [4.78, 5) is 9.16. The van der Waals surface area contributed by atoms with Crippen molar-refractivity contribution < 1.29 is 0 Å². The largest absolute Gasteiger partial charge is 0.389 e. The van der Waals surface area contributed by atoms with Gasteiger partial charge in [0.25, 0.3) is 0 Å². The Kier molecular flexibility index (Phi) is 3.08. The number of thiazole rings is 1. The van der Waals surface area contributed by atoms with Crippen LogP contribution in [0.1, 0.15) is 20.8 Å². The number of nitrogens with zero attached hydrogens (tertiary/aromatic N) is 3. The predicted molar refractivity (Wildman–Crippen MR) is 70.1 cm³/mol. The molecule has 16 heavy (non-hydrogen) atoms. The molecule has 1 aliphatic heterocycles. The summed E-state index contributed by atoms with van der Waals surface area (Å²) in [5.74, 6) is 0. The Morgan fingerprint density at radius 2 is 1.88 bits per heavy atom. The van der Waals surface area contributed by atoms with E-state index in [1.54, 1.807) is 17.5 Å². The average Bonchev–Trinajstić information content (AvgIpc) is 2.64. The number of hydrogen-bond acceptors (Lipinski definition) is 5. The van der Waals surface area contributed by atoms with Gasteiger partial charge in [0, 0.05) is 31.7 Å². The number of anilines is 2. The lowest BCUT2D eigenvalue weighted by molar-refractivity contribution is 0.128. The van der Waals surface area contributed by atoms with Gasteiger partial charge >= 0.3 is 0 Å². The van der Waals surface area contributed by atoms with E-state index >= 15 is 0 Å². The molecule has 1 fully saturated rings. The molecule has 0 aromatic carbocycles. The molecule has 5 heteroatoms. The van der Waals surface area contributed by atoms with Gasteiger partial charge in [-0.15, -0.1) is 0 Å². The summed E-state index contributed by atoms with van der Waals surface area (Å²) >= 11 is 1.58. The van der Waals surface area contributed by atoms with Crippen LogP contribution in [-0.4, -0.2) is 41.6 Å². The molecule has 0 atom stereocenters. The van der Waals surface area contributed by atoms with E-state index in [4.69, 9.17) is 5.73 Å². The molecule has 1 saturated heterocycles. The highest BCUT2D eigenvalue weighted by molar-refractivity contribution is 7.19. The minimum absolute atomic E-state index is 0.272. The molecule has 0 bridgehead atoms. The van der Waals surface area contributed by atoms with E-state index in [2.05, 4.69) is 35.6 Å². The fraction of sp³-hybridized carbons (Fsp3) is 0.727. The Morgan fingerprint density at radius 1 is 1.25 bits per heavy atom. The maximum atomic E-state index is 5.70. The molecule has 1 aromatic rings. The van der Waals surface area contributed by atoms with Crippen LogP contribution >= 0.6 is 11.3 Å². The fourth-order valence-corrected chi connectivity index (χ4v) is 2.73. The van der Waals surface area contributed by atoms with Crippen LogP contribution in [0.4, 0.5) is 10.1 Å². The van der Waals surface area contributed by atoms with Crippen molar-refractivity contribution in [3.05, 3.63) is 6.20 Å². The number of piperazine rings is 1. The van der Waals surface area contributed by atoms with Crippen molar-refractivity contribution in [2.45, 2.75) is 26.3 Å². The maximum absolute atomic E-state index is 5.70. The highest BCUT2D eigenvalue weighted by Crippen LogP contribution is 2.26. The molecule has 2 heterocycles. The van der Waals surface area contributed by atoms with Gasteiger partial charge in [0.2, 0.25) is 0 Å². The average molecular weight is 240 g/mol. The molecule has 1 aliphatic rings. The number of hydrogen-bond donors (Lipinski definition) is 1. The second-order valence-corrected chi connectivity index (χ2v) is 6.23. The molecule has 0 radical (unpaired) electrons. The summed E-state index contributed by atoms with van der Waals surface area (Å²) in [6.07, 6.45) is 1.75. The van der Waals surface area contributed by atoms with Crippen molar-refractivity contribution >= 4 is 21.5 Å². The van der Waals surface area contributed by atoms with Crippen LogP contribution < -0.4 is 10.6 Å². The van der Waals surface area contributed by atoms with Gasteiger partial charge in [-0.1, -0.05) is 11.3 Å². The standard InChI is InChI=1S/C11H20N4S/c1-11(2,3)15-6-4-14(5-7-15)10-13-8-9(12)16-10/h8H,4-7,12H2,1-3H3. The Hall–Kier alpha value is -0.810. The van der Waals surface area contributed by atoms with E-state index in [-0.39, 0.29) is 5.54 Å². The molecule has 90 valence electrons. The third-order valence-corrected chi connectivity index (χ3v) is 3.90. The van der Waals surface area contributed by atoms with Crippen molar-refractivity contribution in [1.82, 2.24) is 9.88 Å². The predicted octanol–water partition coefficient (Wildman–Crippen LogP) is 1.65. The van der Waals surface area contributed by atoms with Gasteiger partial charge in [-0.25, -0.2) is 4.98 Å². The third-order valence-electron chi connectivity index (χ3n) is 3.01. The lowest BCUT2D eigenvalue weighted by atomic mass is 10.1. The first-order valence-electron chi connectivity index (χ1n) is 5.68. The second-order valence-electron chi connectivity index (χ2n) is 5.19. The molecule has 0 amide bonds. The number of nitrogen functional groups attached to an aromatic ring is 1. The number of rotatable bonds is 1. The van der Waals surface area contributed by atoms with Crippen LogP contribution in [0.15, 0.2) is 6.20 Å². The summed E-state index contributed by atoms with van der Waals surface area (Å²) in [5.41, 5.74) is 5.97. The fourth-order valence-electron chi connectivity index (χ4n) is 1.99. The topological polar surface area (TPSA) is 45.4 Å². The molecule has 0 aliphatic carbocycles. The zero-order valence-corrected chi connectivity index (χ0v) is 11.0. The highest BCUT2D eigenvalue weighted by atomic mass is 32.1. The third kappa shape index (κ3) is 2.47. The van der Waals surface area contributed by atoms with Crippen molar-refractivity contribution in [2.24, 2.45) is 0 Å². The molecular formula is C11H20N4S. The van der Waals surface area contributed by atoms with E-state index in [9.17, 15) is 0 Å². The van der Waals surface area contributed by atoms with Gasteiger partial charge in [0.15, 0.2) is 5.13 Å². The first-order valence-corrected chi connectivity index (χ1v) is 6.50. The van der Waals surface area contributed by atoms with E-state index in [0.29, 0.717) is 0 Å². The summed E-state index contributed by atoms with van der Waals surface area (Å²) < 4.78 is 0. The lowest BCUT2D eigenvalue weighted by Gasteiger charge is -2.42. The zero-order valence-electron chi connectivity index (χ0n) is 10.2. The maximum Gasteiger partial charge on any atom is 0.187 e. The van der Waals surface area contributed by atoms with Gasteiger partial charge < -0.3 is 10.6 Å². The van der Waals surface area contributed by atoms with Crippen LogP contribution in [0.3, 0.4) is 0 Å². The Labute approximate surface area is 101 Å². The minimum atomic E-state index is 0.272. The van der Waals surface area contributed by atoms with Gasteiger partial charge in [-0.05, 0) is 20.8 Å². The Bertz CT molecular complexity index is 347. The van der Waals surface area contributed by atoms with E-state index < -0.39 is 0 Å². The lowest BCUT2D eigenvalue weighted by Crippen LogP contribution is -2.53. The molecule has 0 saturated carbocycles. The van der Waals surface area contributed by atoms with Crippen molar-refractivity contribution in [3.63, 3.8) is 0 Å². The Morgan fingerprint density at radius 3 is 2.31 bits per heavy atom. The summed E-state index contributed by atoms with van der Waals surface area (Å²) in [6, 6.07) is 0. The molecular weight excluding hydrogens is 220 g/mol. The summed E-state index contributed by atoms with van der Waals surface area (Å²) in [6.45, 7) is 11.1. The van der Waals surface area contributed by atoms with Gasteiger partial charge in [-0.3, -0.25) is 4.90 Å². The minimum Gasteiger partial charge on any atom is -0.389 e. The van der Waals surface area contributed by atoms with Crippen LogP contribution in [-0.2, 0) is 0 Å². The normalized spacial score (nSPS) is 19.1. The van der Waals surface area contributed by atoms with E-state index in [0.717, 1.165) is 36.3 Å².